The van der Waals surface area contributed by atoms with Gasteiger partial charge in [0.15, 0.2) is 0 Å². The fraction of sp³-hybridized carbons (Fsp3) is 0.913. The number of urea groups is 1. The van der Waals surface area contributed by atoms with E-state index >= 15 is 0 Å². The molecule has 2 amide bonds. The molecule has 0 radical (unpaired) electrons. The van der Waals surface area contributed by atoms with Crippen LogP contribution in [0.15, 0.2) is 0 Å². The van der Waals surface area contributed by atoms with Gasteiger partial charge < -0.3 is 15.8 Å². The molecule has 0 rings (SSSR count). The quantitative estimate of drug-likeness (QED) is 0.177. The number of nitrogens with one attached hydrogen (secondary N) is 1. The van der Waals surface area contributed by atoms with E-state index < -0.39 is 6.03 Å². The van der Waals surface area contributed by atoms with Crippen molar-refractivity contribution in [2.75, 3.05) is 13.2 Å². The Bertz CT molecular complexity index is 362. The molecule has 166 valence electrons. The predicted molar refractivity (Wildman–Crippen MR) is 117 cm³/mol. The van der Waals surface area contributed by atoms with Gasteiger partial charge in [0.25, 0.3) is 0 Å². The Morgan fingerprint density at radius 1 is 0.679 bits per heavy atom. The van der Waals surface area contributed by atoms with Gasteiger partial charge in [-0.15, -0.1) is 0 Å². The summed E-state index contributed by atoms with van der Waals surface area (Å²) in [4.78, 5) is 22.1. The minimum absolute atomic E-state index is 0.0995. The summed E-state index contributed by atoms with van der Waals surface area (Å²) in [6.07, 6.45) is 21.9. The van der Waals surface area contributed by atoms with Crippen molar-refractivity contribution in [1.82, 2.24) is 5.32 Å². The van der Waals surface area contributed by atoms with Crippen LogP contribution >= 0.6 is 0 Å². The number of ether oxygens (including phenoxy) is 1. The van der Waals surface area contributed by atoms with Crippen molar-refractivity contribution in [3.63, 3.8) is 0 Å². The normalized spacial score (nSPS) is 10.8. The Kier molecular flexibility index (Phi) is 21.0. The SMILES string of the molecule is CCCCCCCCCCCCCCCCCC(=O)OCCCCNC(N)=O. The average molecular weight is 399 g/mol. The van der Waals surface area contributed by atoms with Crippen LogP contribution in [0.1, 0.15) is 122 Å². The van der Waals surface area contributed by atoms with Crippen molar-refractivity contribution in [3.05, 3.63) is 0 Å². The highest BCUT2D eigenvalue weighted by Crippen LogP contribution is 2.13. The molecule has 3 N–H and O–H groups in total. The standard InChI is InChI=1S/C23H46N2O3/c1-2-3-4-5-6-7-8-9-10-11-12-13-14-15-16-19-22(26)28-21-18-17-20-25-23(24)27/h2-21H2,1H3,(H3,24,25,27). The monoisotopic (exact) mass is 398 g/mol. The number of carbonyl (C=O) groups is 2. The van der Waals surface area contributed by atoms with Gasteiger partial charge in [-0.2, -0.15) is 0 Å². The molecule has 0 atom stereocenters. The first-order chi connectivity index (χ1) is 13.7. The highest BCUT2D eigenvalue weighted by atomic mass is 16.5. The minimum atomic E-state index is -0.509. The zero-order chi connectivity index (χ0) is 20.7. The van der Waals surface area contributed by atoms with E-state index in [2.05, 4.69) is 12.2 Å². The molecule has 0 bridgehead atoms. The third-order valence-electron chi connectivity index (χ3n) is 5.12. The van der Waals surface area contributed by atoms with Gasteiger partial charge in [0, 0.05) is 13.0 Å². The van der Waals surface area contributed by atoms with Gasteiger partial charge in [-0.3, -0.25) is 4.79 Å². The van der Waals surface area contributed by atoms with E-state index in [4.69, 9.17) is 10.5 Å². The summed E-state index contributed by atoms with van der Waals surface area (Å²) in [5, 5.41) is 2.52. The molecule has 0 aliphatic heterocycles. The fourth-order valence-electron chi connectivity index (χ4n) is 3.34. The molecule has 5 nitrogen and oxygen atoms in total. The van der Waals surface area contributed by atoms with E-state index in [-0.39, 0.29) is 5.97 Å². The van der Waals surface area contributed by atoms with Crippen LogP contribution in [-0.4, -0.2) is 25.2 Å². The lowest BCUT2D eigenvalue weighted by Crippen LogP contribution is -2.30. The molecule has 0 heterocycles. The van der Waals surface area contributed by atoms with Crippen LogP contribution in [-0.2, 0) is 9.53 Å². The number of carbonyl (C=O) groups excluding carboxylic acids is 2. The Balaban J connectivity index is 3.14. The highest BCUT2D eigenvalue weighted by Gasteiger charge is 2.02. The van der Waals surface area contributed by atoms with Crippen molar-refractivity contribution >= 4 is 12.0 Å². The number of nitrogens with two attached hydrogens (primary N) is 1. The summed E-state index contributed by atoms with van der Waals surface area (Å²) in [5.41, 5.74) is 4.97. The molecule has 0 spiro atoms. The van der Waals surface area contributed by atoms with Gasteiger partial charge in [-0.05, 0) is 19.3 Å². The lowest BCUT2D eigenvalue weighted by Gasteiger charge is -2.05. The number of rotatable bonds is 21. The van der Waals surface area contributed by atoms with Crippen LogP contribution < -0.4 is 11.1 Å². The van der Waals surface area contributed by atoms with E-state index in [1.807, 2.05) is 0 Å². The second-order valence-corrected chi connectivity index (χ2v) is 7.92. The number of primary amides is 1. The number of esters is 1. The first-order valence-electron chi connectivity index (χ1n) is 11.9. The van der Waals surface area contributed by atoms with Crippen LogP contribution in [0.4, 0.5) is 4.79 Å². The van der Waals surface area contributed by atoms with Crippen LogP contribution in [0.2, 0.25) is 0 Å². The number of unbranched alkanes of at least 4 members (excludes halogenated alkanes) is 15. The van der Waals surface area contributed by atoms with Gasteiger partial charge in [0.05, 0.1) is 6.61 Å². The molecule has 28 heavy (non-hydrogen) atoms. The largest absolute Gasteiger partial charge is 0.466 e. The Morgan fingerprint density at radius 3 is 1.61 bits per heavy atom. The maximum atomic E-state index is 11.6. The molecule has 0 aliphatic rings. The van der Waals surface area contributed by atoms with E-state index in [9.17, 15) is 9.59 Å². The lowest BCUT2D eigenvalue weighted by atomic mass is 10.0. The Hall–Kier alpha value is -1.26. The third kappa shape index (κ3) is 22.8. The molecule has 5 heteroatoms. The summed E-state index contributed by atoms with van der Waals surface area (Å²) >= 11 is 0. The van der Waals surface area contributed by atoms with E-state index in [1.165, 1.54) is 83.5 Å². The van der Waals surface area contributed by atoms with Crippen molar-refractivity contribution in [1.29, 1.82) is 0 Å². The van der Waals surface area contributed by atoms with E-state index in [1.54, 1.807) is 0 Å². The molecule has 0 unspecified atom stereocenters. The second kappa shape index (κ2) is 22.0. The zero-order valence-electron chi connectivity index (χ0n) is 18.4. The van der Waals surface area contributed by atoms with Crippen molar-refractivity contribution in [3.8, 4) is 0 Å². The van der Waals surface area contributed by atoms with Gasteiger partial charge in [-0.1, -0.05) is 96.8 Å². The predicted octanol–water partition coefficient (Wildman–Crippen LogP) is 6.24. The maximum Gasteiger partial charge on any atom is 0.312 e. The number of amides is 2. The van der Waals surface area contributed by atoms with Crippen LogP contribution in [0.5, 0.6) is 0 Å². The molecular weight excluding hydrogens is 352 g/mol. The topological polar surface area (TPSA) is 81.4 Å². The number of hydrogen-bond donors (Lipinski definition) is 2. The van der Waals surface area contributed by atoms with Gasteiger partial charge in [-0.25, -0.2) is 4.79 Å². The molecule has 0 fully saturated rings. The van der Waals surface area contributed by atoms with Crippen LogP contribution in [0.25, 0.3) is 0 Å². The fourth-order valence-corrected chi connectivity index (χ4v) is 3.34. The third-order valence-corrected chi connectivity index (χ3v) is 5.12. The second-order valence-electron chi connectivity index (χ2n) is 7.92. The molecule has 0 aromatic rings. The Morgan fingerprint density at radius 2 is 1.14 bits per heavy atom. The highest BCUT2D eigenvalue weighted by molar-refractivity contribution is 5.71. The molecule has 0 saturated heterocycles. The Labute approximate surface area is 173 Å². The van der Waals surface area contributed by atoms with Gasteiger partial charge >= 0.3 is 12.0 Å². The molecule has 0 saturated carbocycles. The first-order valence-corrected chi connectivity index (χ1v) is 11.9. The molecule has 0 aliphatic carbocycles. The summed E-state index contributed by atoms with van der Waals surface area (Å²) < 4.78 is 5.19. The molecule has 0 aromatic heterocycles. The maximum absolute atomic E-state index is 11.6. The average Bonchev–Trinajstić information content (AvgIpc) is 2.67. The van der Waals surface area contributed by atoms with E-state index in [0.717, 1.165) is 25.7 Å². The zero-order valence-corrected chi connectivity index (χ0v) is 18.4. The number of hydrogen-bond acceptors (Lipinski definition) is 3. The summed E-state index contributed by atoms with van der Waals surface area (Å²) in [7, 11) is 0. The van der Waals surface area contributed by atoms with E-state index in [0.29, 0.717) is 19.6 Å². The van der Waals surface area contributed by atoms with Crippen LogP contribution in [0.3, 0.4) is 0 Å². The molecule has 0 aromatic carbocycles. The van der Waals surface area contributed by atoms with Gasteiger partial charge in [0.1, 0.15) is 0 Å². The van der Waals surface area contributed by atoms with Crippen LogP contribution in [0, 0.1) is 0 Å². The smallest absolute Gasteiger partial charge is 0.312 e. The van der Waals surface area contributed by atoms with Crippen molar-refractivity contribution < 1.29 is 14.3 Å². The van der Waals surface area contributed by atoms with Crippen molar-refractivity contribution in [2.24, 2.45) is 5.73 Å². The molecular formula is C23H46N2O3. The minimum Gasteiger partial charge on any atom is -0.466 e. The summed E-state index contributed by atoms with van der Waals surface area (Å²) in [6, 6.07) is -0.509. The van der Waals surface area contributed by atoms with Gasteiger partial charge in [0.2, 0.25) is 0 Å². The first kappa shape index (κ1) is 26.7. The summed E-state index contributed by atoms with van der Waals surface area (Å²) in [6.45, 7) is 3.23. The summed E-state index contributed by atoms with van der Waals surface area (Å²) in [5.74, 6) is -0.0995. The lowest BCUT2D eigenvalue weighted by molar-refractivity contribution is -0.143. The van der Waals surface area contributed by atoms with Crippen molar-refractivity contribution in [2.45, 2.75) is 122 Å².